The molecule has 1 aromatic heterocycles. The average Bonchev–Trinajstić information content (AvgIpc) is 2.87. The first kappa shape index (κ1) is 15.1. The zero-order valence-electron chi connectivity index (χ0n) is 12.6. The number of aromatic nitrogens is 1. The van der Waals surface area contributed by atoms with Gasteiger partial charge in [-0.1, -0.05) is 6.07 Å². The van der Waals surface area contributed by atoms with E-state index in [1.807, 2.05) is 12.1 Å². The standard InChI is InChI=1S/C15H20N4O2/c1-19(2)7-6-12-10-16-14-5-4-11(8-13(12)14)9-17-18-15(20)21-3/h4-5,8-10,16H,6-7H2,1-3H3,(H,18,20)/p+1/b17-9+. The van der Waals surface area contributed by atoms with E-state index in [9.17, 15) is 4.79 Å². The second-order valence-corrected chi connectivity index (χ2v) is 5.19. The maximum Gasteiger partial charge on any atom is 0.427 e. The zero-order chi connectivity index (χ0) is 15.2. The molecule has 6 heteroatoms. The molecular formula is C15H21N4O2+. The number of carbonyl (C=O) groups excluding carboxylic acids is 1. The smallest absolute Gasteiger partial charge is 0.427 e. The van der Waals surface area contributed by atoms with Crippen LogP contribution in [0.3, 0.4) is 0 Å². The Kier molecular flexibility index (Phi) is 4.94. The Balaban J connectivity index is 2.15. The van der Waals surface area contributed by atoms with Gasteiger partial charge in [-0.3, -0.25) is 0 Å². The Hall–Kier alpha value is -2.34. The number of likely N-dealkylation sites (N-methyl/N-ethyl adjacent to an activating group) is 1. The number of carbonyl (C=O) groups is 1. The first-order valence-corrected chi connectivity index (χ1v) is 6.86. The number of hydrogen-bond donors (Lipinski definition) is 3. The Morgan fingerprint density at radius 1 is 1.48 bits per heavy atom. The van der Waals surface area contributed by atoms with Gasteiger partial charge in [0.15, 0.2) is 0 Å². The van der Waals surface area contributed by atoms with Crippen LogP contribution < -0.4 is 10.3 Å². The summed E-state index contributed by atoms with van der Waals surface area (Å²) in [4.78, 5) is 15.6. The average molecular weight is 289 g/mol. The number of quaternary nitrogens is 1. The third-order valence-corrected chi connectivity index (χ3v) is 3.24. The second-order valence-electron chi connectivity index (χ2n) is 5.19. The third kappa shape index (κ3) is 4.06. The summed E-state index contributed by atoms with van der Waals surface area (Å²) >= 11 is 0. The Labute approximate surface area is 123 Å². The van der Waals surface area contributed by atoms with E-state index in [2.05, 4.69) is 46.6 Å². The van der Waals surface area contributed by atoms with E-state index in [0.717, 1.165) is 24.0 Å². The number of hydrogen-bond acceptors (Lipinski definition) is 3. The third-order valence-electron chi connectivity index (χ3n) is 3.24. The molecule has 0 saturated carbocycles. The number of ether oxygens (including phenoxy) is 1. The summed E-state index contributed by atoms with van der Waals surface area (Å²) in [5.41, 5.74) is 5.60. The maximum atomic E-state index is 10.9. The van der Waals surface area contributed by atoms with Crippen LogP contribution in [-0.2, 0) is 11.2 Å². The Morgan fingerprint density at radius 2 is 2.29 bits per heavy atom. The van der Waals surface area contributed by atoms with E-state index < -0.39 is 6.09 Å². The number of hydrazone groups is 1. The minimum absolute atomic E-state index is 0.580. The van der Waals surface area contributed by atoms with Crippen LogP contribution in [0.5, 0.6) is 0 Å². The summed E-state index contributed by atoms with van der Waals surface area (Å²) in [6.45, 7) is 1.08. The van der Waals surface area contributed by atoms with E-state index in [4.69, 9.17) is 0 Å². The number of amides is 1. The summed E-state index contributed by atoms with van der Waals surface area (Å²) in [6, 6.07) is 6.03. The van der Waals surface area contributed by atoms with Crippen LogP contribution in [-0.4, -0.2) is 45.0 Å². The van der Waals surface area contributed by atoms with Gasteiger partial charge in [-0.2, -0.15) is 5.10 Å². The number of H-pyrrole nitrogens is 1. The molecule has 0 aliphatic rings. The first-order chi connectivity index (χ1) is 10.1. The molecule has 0 atom stereocenters. The van der Waals surface area contributed by atoms with Crippen LogP contribution in [0.25, 0.3) is 10.9 Å². The summed E-state index contributed by atoms with van der Waals surface area (Å²) in [7, 11) is 5.59. The monoisotopic (exact) mass is 289 g/mol. The van der Waals surface area contributed by atoms with Crippen molar-refractivity contribution in [1.82, 2.24) is 10.4 Å². The highest BCUT2D eigenvalue weighted by atomic mass is 16.5. The Bertz CT molecular complexity index is 646. The second kappa shape index (κ2) is 6.90. The number of benzene rings is 1. The quantitative estimate of drug-likeness (QED) is 0.555. The highest BCUT2D eigenvalue weighted by Crippen LogP contribution is 2.19. The van der Waals surface area contributed by atoms with Gasteiger partial charge in [-0.05, 0) is 23.3 Å². The summed E-state index contributed by atoms with van der Waals surface area (Å²) in [5, 5.41) is 5.04. The molecule has 0 saturated heterocycles. The van der Waals surface area contributed by atoms with Crippen LogP contribution in [0, 0.1) is 0 Å². The van der Waals surface area contributed by atoms with Crippen LogP contribution in [0.2, 0.25) is 0 Å². The van der Waals surface area contributed by atoms with Gasteiger partial charge in [0.05, 0.1) is 34.0 Å². The molecule has 0 aliphatic heterocycles. The Morgan fingerprint density at radius 3 is 3.00 bits per heavy atom. The van der Waals surface area contributed by atoms with Crippen molar-refractivity contribution in [3.8, 4) is 0 Å². The molecule has 3 N–H and O–H groups in total. The predicted octanol–water partition coefficient (Wildman–Crippen LogP) is 0.545. The molecule has 112 valence electrons. The van der Waals surface area contributed by atoms with Crippen LogP contribution in [0.4, 0.5) is 4.79 Å². The number of nitrogens with one attached hydrogen (secondary N) is 3. The van der Waals surface area contributed by atoms with E-state index in [0.29, 0.717) is 0 Å². The zero-order valence-corrected chi connectivity index (χ0v) is 12.6. The summed E-state index contributed by atoms with van der Waals surface area (Å²) in [5.74, 6) is 0. The fourth-order valence-corrected chi connectivity index (χ4v) is 2.07. The topological polar surface area (TPSA) is 70.9 Å². The van der Waals surface area contributed by atoms with Gasteiger partial charge in [0, 0.05) is 23.5 Å². The first-order valence-electron chi connectivity index (χ1n) is 6.86. The molecular weight excluding hydrogens is 268 g/mol. The van der Waals surface area contributed by atoms with E-state index >= 15 is 0 Å². The maximum absolute atomic E-state index is 10.9. The van der Waals surface area contributed by atoms with Crippen molar-refractivity contribution in [3.05, 3.63) is 35.5 Å². The minimum atomic E-state index is -0.580. The van der Waals surface area contributed by atoms with Gasteiger partial charge < -0.3 is 14.6 Å². The fraction of sp³-hybridized carbons (Fsp3) is 0.333. The predicted molar refractivity (Wildman–Crippen MR) is 82.8 cm³/mol. The van der Waals surface area contributed by atoms with Gasteiger partial charge in [0.2, 0.25) is 0 Å². The SMILES string of the molecule is COC(=O)N/N=C/c1ccc2[nH]cc(CC[NH+](C)C)c2c1. The molecule has 1 aromatic carbocycles. The molecule has 1 heterocycles. The lowest BCUT2D eigenvalue weighted by atomic mass is 10.1. The molecule has 0 fully saturated rings. The molecule has 21 heavy (non-hydrogen) atoms. The molecule has 0 radical (unpaired) electrons. The molecule has 2 rings (SSSR count). The lowest BCUT2D eigenvalue weighted by Crippen LogP contribution is -3.05. The minimum Gasteiger partial charge on any atom is -0.452 e. The lowest BCUT2D eigenvalue weighted by Gasteiger charge is -2.06. The summed E-state index contributed by atoms with van der Waals surface area (Å²) < 4.78 is 4.45. The summed E-state index contributed by atoms with van der Waals surface area (Å²) in [6.07, 6.45) is 4.10. The van der Waals surface area contributed by atoms with Gasteiger partial charge in [0.25, 0.3) is 0 Å². The largest absolute Gasteiger partial charge is 0.452 e. The highest BCUT2D eigenvalue weighted by molar-refractivity contribution is 5.91. The van der Waals surface area contributed by atoms with Crippen molar-refractivity contribution >= 4 is 23.2 Å². The van der Waals surface area contributed by atoms with Crippen molar-refractivity contribution < 1.29 is 14.4 Å². The van der Waals surface area contributed by atoms with Crippen LogP contribution in [0.1, 0.15) is 11.1 Å². The van der Waals surface area contributed by atoms with Crippen LogP contribution >= 0.6 is 0 Å². The van der Waals surface area contributed by atoms with Crippen molar-refractivity contribution in [2.75, 3.05) is 27.7 Å². The lowest BCUT2D eigenvalue weighted by molar-refractivity contribution is -0.858. The number of rotatable bonds is 5. The van der Waals surface area contributed by atoms with E-state index in [-0.39, 0.29) is 0 Å². The van der Waals surface area contributed by atoms with Crippen molar-refractivity contribution in [3.63, 3.8) is 0 Å². The van der Waals surface area contributed by atoms with Crippen molar-refractivity contribution in [2.24, 2.45) is 5.10 Å². The number of methoxy groups -OCH3 is 1. The number of fused-ring (bicyclic) bond motifs is 1. The van der Waals surface area contributed by atoms with Gasteiger partial charge >= 0.3 is 6.09 Å². The van der Waals surface area contributed by atoms with Gasteiger partial charge in [-0.25, -0.2) is 10.2 Å². The number of aromatic amines is 1. The van der Waals surface area contributed by atoms with Crippen molar-refractivity contribution in [1.29, 1.82) is 0 Å². The van der Waals surface area contributed by atoms with E-state index in [1.165, 1.54) is 23.0 Å². The van der Waals surface area contributed by atoms with Gasteiger partial charge in [-0.15, -0.1) is 0 Å². The van der Waals surface area contributed by atoms with Crippen molar-refractivity contribution in [2.45, 2.75) is 6.42 Å². The molecule has 2 aromatic rings. The van der Waals surface area contributed by atoms with Gasteiger partial charge in [0.1, 0.15) is 0 Å². The molecule has 0 aliphatic carbocycles. The molecule has 0 spiro atoms. The molecule has 1 amide bonds. The number of nitrogens with zero attached hydrogens (tertiary/aromatic N) is 1. The van der Waals surface area contributed by atoms with Crippen LogP contribution in [0.15, 0.2) is 29.5 Å². The molecule has 0 bridgehead atoms. The highest BCUT2D eigenvalue weighted by Gasteiger charge is 2.06. The molecule has 0 unspecified atom stereocenters. The normalized spacial score (nSPS) is 11.4. The fourth-order valence-electron chi connectivity index (χ4n) is 2.07. The molecule has 6 nitrogen and oxygen atoms in total. The van der Waals surface area contributed by atoms with E-state index in [1.54, 1.807) is 6.21 Å².